The Morgan fingerprint density at radius 2 is 1.96 bits per heavy atom. The number of aryl methyl sites for hydroxylation is 1. The highest BCUT2D eigenvalue weighted by Crippen LogP contribution is 2.60. The molecule has 2 aliphatic rings. The minimum atomic E-state index is -2.09. The Bertz CT molecular complexity index is 1430. The minimum Gasteiger partial charge on any atom is -0.463 e. The fourth-order valence-corrected chi connectivity index (χ4v) is 6.45. The number of anilines is 1. The van der Waals surface area contributed by atoms with Gasteiger partial charge in [0, 0.05) is 36.2 Å². The van der Waals surface area contributed by atoms with Crippen LogP contribution in [0.3, 0.4) is 0 Å². The number of esters is 1. The first-order valence-corrected chi connectivity index (χ1v) is 16.3. The van der Waals surface area contributed by atoms with Crippen molar-refractivity contribution in [3.8, 4) is 0 Å². The summed E-state index contributed by atoms with van der Waals surface area (Å²) in [6, 6.07) is 8.93. The van der Waals surface area contributed by atoms with Crippen molar-refractivity contribution in [1.82, 2.24) is 10.3 Å². The number of benzene rings is 1. The van der Waals surface area contributed by atoms with Crippen LogP contribution in [-0.4, -0.2) is 65.1 Å². The number of ketones is 2. The molecule has 9 heteroatoms. The summed E-state index contributed by atoms with van der Waals surface area (Å²) in [4.78, 5) is 46.9. The fraction of sp³-hybridized carbons (Fsp3) is 0.556. The maximum absolute atomic E-state index is 14.5. The van der Waals surface area contributed by atoms with Crippen LogP contribution in [0.15, 0.2) is 47.7 Å². The average molecular weight is 620 g/mol. The first-order valence-electron chi connectivity index (χ1n) is 16.3. The number of allylic oxidation sites excluding steroid dienone is 1. The summed E-state index contributed by atoms with van der Waals surface area (Å²) in [7, 11) is 0. The van der Waals surface area contributed by atoms with E-state index >= 15 is 0 Å². The quantitative estimate of drug-likeness (QED) is 0.0960. The molecule has 1 aromatic heterocycles. The van der Waals surface area contributed by atoms with E-state index in [1.165, 1.54) is 0 Å². The van der Waals surface area contributed by atoms with E-state index < -0.39 is 28.7 Å². The van der Waals surface area contributed by atoms with Gasteiger partial charge in [0.2, 0.25) is 5.78 Å². The summed E-state index contributed by atoms with van der Waals surface area (Å²) in [5, 5.41) is 13.8. The number of nitrogen functional groups attached to an aromatic ring is 1. The molecular weight excluding hydrogens is 570 g/mol. The Morgan fingerprint density at radius 3 is 2.62 bits per heavy atom. The fourth-order valence-electron chi connectivity index (χ4n) is 6.45. The summed E-state index contributed by atoms with van der Waals surface area (Å²) in [6.45, 7) is 11.3. The number of ether oxygens (including phenoxy) is 2. The van der Waals surface area contributed by atoms with Crippen molar-refractivity contribution in [2.24, 2.45) is 11.8 Å². The summed E-state index contributed by atoms with van der Waals surface area (Å²) < 4.78 is 12.1. The number of fused-ring (bicyclic) bond motifs is 2. The average Bonchev–Trinajstić information content (AvgIpc) is 3.72. The molecule has 9 nitrogen and oxygen atoms in total. The first-order chi connectivity index (χ1) is 21.5. The summed E-state index contributed by atoms with van der Waals surface area (Å²) in [5.41, 5.74) is 5.61. The molecule has 1 aliphatic heterocycles. The molecule has 2 heterocycles. The van der Waals surface area contributed by atoms with Crippen LogP contribution in [0, 0.1) is 11.8 Å². The zero-order valence-corrected chi connectivity index (χ0v) is 27.4. The summed E-state index contributed by atoms with van der Waals surface area (Å²) in [6.07, 6.45) is 6.22. The SMILES string of the molecule is CCCCC(CNCC)COC(=O)C12OC1(CC(CO)=C(C)CCc1ccnc(N)c1)C(=O)c1cccc(CC(C)C)c1C2=O. The van der Waals surface area contributed by atoms with Crippen LogP contribution in [0.25, 0.3) is 0 Å². The van der Waals surface area contributed by atoms with E-state index in [0.29, 0.717) is 37.2 Å². The molecule has 1 saturated heterocycles. The number of nitrogens with two attached hydrogens (primary N) is 1. The Morgan fingerprint density at radius 1 is 1.18 bits per heavy atom. The van der Waals surface area contributed by atoms with Crippen LogP contribution in [0.4, 0.5) is 5.82 Å². The number of carbonyl (C=O) groups is 3. The van der Waals surface area contributed by atoms with Gasteiger partial charge < -0.3 is 25.6 Å². The monoisotopic (exact) mass is 619 g/mol. The molecule has 0 spiro atoms. The number of aromatic nitrogens is 1. The lowest BCUT2D eigenvalue weighted by Crippen LogP contribution is -2.51. The maximum atomic E-state index is 14.5. The number of nitrogens with one attached hydrogen (secondary N) is 1. The lowest BCUT2D eigenvalue weighted by molar-refractivity contribution is -0.149. The predicted octanol–water partition coefficient (Wildman–Crippen LogP) is 5.04. The number of hydrogen-bond acceptors (Lipinski definition) is 9. The second-order valence-corrected chi connectivity index (χ2v) is 12.9. The van der Waals surface area contributed by atoms with E-state index in [1.54, 1.807) is 24.4 Å². The Labute approximate surface area is 267 Å². The van der Waals surface area contributed by atoms with E-state index in [1.807, 2.05) is 39.8 Å². The van der Waals surface area contributed by atoms with Crippen LogP contribution in [0.5, 0.6) is 0 Å². The number of Topliss-reactive ketones (excluding diaryl/α,β-unsaturated/α-hetero) is 2. The number of nitrogens with zero attached hydrogens (tertiary/aromatic N) is 1. The third kappa shape index (κ3) is 7.05. The van der Waals surface area contributed by atoms with Crippen molar-refractivity contribution >= 4 is 23.4 Å². The van der Waals surface area contributed by atoms with E-state index in [-0.39, 0.29) is 42.6 Å². The highest BCUT2D eigenvalue weighted by Gasteiger charge is 2.85. The molecule has 2 aromatic rings. The smallest absolute Gasteiger partial charge is 0.350 e. The highest BCUT2D eigenvalue weighted by atomic mass is 16.7. The van der Waals surface area contributed by atoms with Gasteiger partial charge in [-0.15, -0.1) is 0 Å². The van der Waals surface area contributed by atoms with Crippen LogP contribution < -0.4 is 11.1 Å². The van der Waals surface area contributed by atoms with Crippen molar-refractivity contribution in [1.29, 1.82) is 0 Å². The second-order valence-electron chi connectivity index (χ2n) is 12.9. The van der Waals surface area contributed by atoms with Crippen molar-refractivity contribution in [3.63, 3.8) is 0 Å². The van der Waals surface area contributed by atoms with E-state index in [4.69, 9.17) is 15.2 Å². The number of pyridine rings is 1. The van der Waals surface area contributed by atoms with Crippen LogP contribution in [0.1, 0.15) is 98.6 Å². The number of carbonyl (C=O) groups excluding carboxylic acids is 3. The second kappa shape index (κ2) is 14.8. The van der Waals surface area contributed by atoms with Gasteiger partial charge >= 0.3 is 5.97 Å². The van der Waals surface area contributed by atoms with Crippen molar-refractivity contribution < 1.29 is 29.0 Å². The van der Waals surface area contributed by atoms with Gasteiger partial charge in [0.25, 0.3) is 5.60 Å². The topological polar surface area (TPSA) is 144 Å². The molecule has 1 aliphatic carbocycles. The van der Waals surface area contributed by atoms with Crippen molar-refractivity contribution in [2.75, 3.05) is 32.0 Å². The predicted molar refractivity (Wildman–Crippen MR) is 174 cm³/mol. The lowest BCUT2D eigenvalue weighted by atomic mass is 9.69. The molecule has 0 radical (unpaired) electrons. The van der Waals surface area contributed by atoms with Gasteiger partial charge in [0.15, 0.2) is 11.4 Å². The van der Waals surface area contributed by atoms with E-state index in [9.17, 15) is 19.5 Å². The molecule has 1 aromatic carbocycles. The molecule has 4 N–H and O–H groups in total. The molecule has 4 rings (SSSR count). The van der Waals surface area contributed by atoms with Crippen LogP contribution >= 0.6 is 0 Å². The standard InChI is InChI=1S/C36H49N3O6/c1-6-8-10-26(20-38-7-2)22-44-34(43)36-33(42)31-27(17-23(3)4)11-9-12-29(31)32(41)35(36,45-36)19-28(21-40)24(5)13-14-25-15-16-39-30(37)18-25/h9,11-12,15-16,18,23,26,38,40H,6-8,10,13-14,17,19-22H2,1-5H3,(H2,37,39). The molecule has 0 bridgehead atoms. The van der Waals surface area contributed by atoms with Gasteiger partial charge in [0.05, 0.1) is 13.2 Å². The van der Waals surface area contributed by atoms with Crippen molar-refractivity contribution in [2.45, 2.75) is 90.8 Å². The highest BCUT2D eigenvalue weighted by molar-refractivity contribution is 6.33. The number of epoxide rings is 1. The van der Waals surface area contributed by atoms with Gasteiger partial charge in [0.1, 0.15) is 5.82 Å². The van der Waals surface area contributed by atoms with Crippen LogP contribution in [0.2, 0.25) is 0 Å². The number of hydrogen-bond donors (Lipinski definition) is 3. The molecular formula is C36H49N3O6. The minimum absolute atomic E-state index is 0.0638. The molecule has 244 valence electrons. The Kier molecular flexibility index (Phi) is 11.3. The number of aliphatic hydroxyl groups is 1. The number of aliphatic hydroxyl groups excluding tert-OH is 1. The van der Waals surface area contributed by atoms with E-state index in [2.05, 4.69) is 17.2 Å². The van der Waals surface area contributed by atoms with Crippen LogP contribution in [-0.2, 0) is 27.1 Å². The molecule has 3 atom stereocenters. The Hall–Kier alpha value is -3.40. The number of rotatable bonds is 17. The van der Waals surface area contributed by atoms with Gasteiger partial charge in [-0.3, -0.25) is 9.59 Å². The third-order valence-corrected chi connectivity index (χ3v) is 9.07. The summed E-state index contributed by atoms with van der Waals surface area (Å²) >= 11 is 0. The number of unbranched alkanes of at least 4 members (excludes halogenated alkanes) is 1. The molecule has 1 fully saturated rings. The third-order valence-electron chi connectivity index (χ3n) is 9.07. The molecule has 3 unspecified atom stereocenters. The zero-order valence-electron chi connectivity index (χ0n) is 27.4. The normalized spacial score (nSPS) is 21.7. The lowest BCUT2D eigenvalue weighted by Gasteiger charge is -2.27. The summed E-state index contributed by atoms with van der Waals surface area (Å²) in [5.74, 6) is -1.07. The zero-order chi connectivity index (χ0) is 32.8. The molecule has 0 amide bonds. The van der Waals surface area contributed by atoms with Gasteiger partial charge in [-0.2, -0.15) is 0 Å². The molecule has 45 heavy (non-hydrogen) atoms. The maximum Gasteiger partial charge on any atom is 0.350 e. The van der Waals surface area contributed by atoms with E-state index in [0.717, 1.165) is 42.5 Å². The van der Waals surface area contributed by atoms with Crippen molar-refractivity contribution in [3.05, 3.63) is 69.9 Å². The Balaban J connectivity index is 1.70. The first kappa shape index (κ1) is 34.5. The molecule has 0 saturated carbocycles. The largest absolute Gasteiger partial charge is 0.463 e. The van der Waals surface area contributed by atoms with Gasteiger partial charge in [-0.1, -0.05) is 64.3 Å². The van der Waals surface area contributed by atoms with Gasteiger partial charge in [-0.05, 0) is 73.9 Å². The van der Waals surface area contributed by atoms with Gasteiger partial charge in [-0.25, -0.2) is 9.78 Å².